The Balaban J connectivity index is 0.881. The topological polar surface area (TPSA) is 243 Å². The number of aliphatic hydroxyl groups is 1. The van der Waals surface area contributed by atoms with Gasteiger partial charge < -0.3 is 61.9 Å². The average Bonchev–Trinajstić information content (AvgIpc) is 2.26. The number of carbonyl (C=O) groups excluding carboxylic acids is 6. The molecule has 9 heterocycles. The Morgan fingerprint density at radius 3 is 0.988 bits per heavy atom. The Kier molecular flexibility index (Phi) is 14.1. The van der Waals surface area contributed by atoms with Crippen molar-refractivity contribution in [2.45, 2.75) is 111 Å². The van der Waals surface area contributed by atoms with Gasteiger partial charge in [-0.25, -0.2) is 0 Å². The number of rotatable bonds is 11. The van der Waals surface area contributed by atoms with Crippen LogP contribution in [-0.2, 0) is 56.8 Å². The standard InChI is InChI=1S/C64H55N3O19/c1-75-62-45(66-55(71)37-25-13-14-26-38(37)56(66)72)51(49-42(79-62)30-77-60(83-49)33-19-7-3-8-20-33)86-64-46(67-57(73)39-27-15-16-28-40(39)58(67)74)52(50-43(81-64)31-78-61(84-50)34-21-9-4-10-22-34)85-63-44(65-53(69)35-23-11-12-24-36(35)54(65)70)47(68)48-41(80-63)29-76-59(82-48)32-17-5-2-6-18-32/h2-28,41-52,59-64,68H,29-31H2,1H3/t41-,42-,43-,44-,45-,46-,47-,48-,49-,50-,51-,52-,59?,60?,61?,62-,63+,64+/m1/s1. The Labute approximate surface area is 490 Å². The van der Waals surface area contributed by atoms with Crippen molar-refractivity contribution >= 4 is 35.4 Å². The maximum Gasteiger partial charge on any atom is 0.262 e. The van der Waals surface area contributed by atoms with Crippen molar-refractivity contribution in [3.8, 4) is 0 Å². The summed E-state index contributed by atoms with van der Waals surface area (Å²) in [5.41, 5.74) is 2.21. The molecule has 6 saturated heterocycles. The van der Waals surface area contributed by atoms with E-state index < -0.39 is 146 Å². The van der Waals surface area contributed by atoms with E-state index in [1.54, 1.807) is 97.1 Å². The van der Waals surface area contributed by atoms with E-state index in [-0.39, 0.29) is 53.2 Å². The first-order valence-electron chi connectivity index (χ1n) is 28.4. The predicted octanol–water partition coefficient (Wildman–Crippen LogP) is 5.28. The van der Waals surface area contributed by atoms with Gasteiger partial charge in [0.15, 0.2) is 37.7 Å². The van der Waals surface area contributed by atoms with Crippen LogP contribution in [-0.4, -0.2) is 174 Å². The normalized spacial score (nSPS) is 34.7. The fourth-order valence-corrected chi connectivity index (χ4v) is 13.3. The monoisotopic (exact) mass is 1170 g/mol. The summed E-state index contributed by atoms with van der Waals surface area (Å²) in [6, 6.07) is 40.9. The number of carbonyl (C=O) groups is 6. The summed E-state index contributed by atoms with van der Waals surface area (Å²) < 4.78 is 80.5. The van der Waals surface area contributed by atoms with Crippen molar-refractivity contribution in [3.63, 3.8) is 0 Å². The minimum absolute atomic E-state index is 0.0284. The first kappa shape index (κ1) is 54.8. The van der Waals surface area contributed by atoms with Gasteiger partial charge >= 0.3 is 0 Å². The van der Waals surface area contributed by atoms with E-state index in [9.17, 15) is 24.3 Å². The van der Waals surface area contributed by atoms with Gasteiger partial charge in [0.05, 0.1) is 53.2 Å². The van der Waals surface area contributed by atoms with Gasteiger partial charge in [0.1, 0.15) is 73.1 Å². The van der Waals surface area contributed by atoms with Crippen LogP contribution in [0.25, 0.3) is 0 Å². The molecular weight excluding hydrogens is 1110 g/mol. The zero-order valence-electron chi connectivity index (χ0n) is 45.7. The molecule has 18 atom stereocenters. The molecule has 6 amide bonds. The number of nitrogens with zero attached hydrogens (tertiary/aromatic N) is 3. The van der Waals surface area contributed by atoms with Crippen LogP contribution in [0.3, 0.4) is 0 Å². The summed E-state index contributed by atoms with van der Waals surface area (Å²) in [4.78, 5) is 92.9. The van der Waals surface area contributed by atoms with Gasteiger partial charge in [-0.2, -0.15) is 0 Å². The first-order chi connectivity index (χ1) is 42.0. The molecule has 22 heteroatoms. The third-order valence-corrected chi connectivity index (χ3v) is 17.3. The molecule has 0 radical (unpaired) electrons. The molecule has 6 aromatic rings. The van der Waals surface area contributed by atoms with Crippen molar-refractivity contribution in [3.05, 3.63) is 214 Å². The highest BCUT2D eigenvalue weighted by Gasteiger charge is 2.64. The van der Waals surface area contributed by atoms with Crippen LogP contribution >= 0.6 is 0 Å². The summed E-state index contributed by atoms with van der Waals surface area (Å²) in [6.07, 6.45) is -20.3. The molecule has 0 aromatic heterocycles. The lowest BCUT2D eigenvalue weighted by molar-refractivity contribution is -0.405. The molecular formula is C64H55N3O19. The van der Waals surface area contributed by atoms with Crippen molar-refractivity contribution in [1.29, 1.82) is 0 Å². The minimum Gasteiger partial charge on any atom is -0.388 e. The molecule has 9 aliphatic heterocycles. The number of hydrogen-bond donors (Lipinski definition) is 1. The van der Waals surface area contributed by atoms with E-state index in [0.29, 0.717) is 16.7 Å². The third kappa shape index (κ3) is 9.06. The van der Waals surface area contributed by atoms with E-state index in [1.807, 2.05) is 30.3 Å². The number of methoxy groups -OCH3 is 1. The molecule has 22 nitrogen and oxygen atoms in total. The highest BCUT2D eigenvalue weighted by Crippen LogP contribution is 2.47. The Hall–Kier alpha value is -7.78. The fraction of sp³-hybridized carbons (Fsp3) is 0.344. The molecule has 0 aliphatic carbocycles. The Bertz CT molecular complexity index is 3530. The predicted molar refractivity (Wildman–Crippen MR) is 291 cm³/mol. The van der Waals surface area contributed by atoms with E-state index in [0.717, 1.165) is 14.7 Å². The van der Waals surface area contributed by atoms with Gasteiger partial charge in [0, 0.05) is 23.8 Å². The number of amides is 6. The van der Waals surface area contributed by atoms with Crippen LogP contribution in [0.5, 0.6) is 0 Å². The molecule has 0 saturated carbocycles. The number of fused-ring (bicyclic) bond motifs is 6. The van der Waals surface area contributed by atoms with E-state index in [4.69, 9.17) is 56.8 Å². The van der Waals surface area contributed by atoms with Gasteiger partial charge in [0.25, 0.3) is 35.4 Å². The highest BCUT2D eigenvalue weighted by molar-refractivity contribution is 6.23. The number of hydrogen-bond acceptors (Lipinski definition) is 19. The van der Waals surface area contributed by atoms with Crippen LogP contribution in [0.4, 0.5) is 0 Å². The van der Waals surface area contributed by atoms with E-state index in [2.05, 4.69) is 0 Å². The van der Waals surface area contributed by atoms with Crippen LogP contribution < -0.4 is 0 Å². The zero-order chi connectivity index (χ0) is 58.5. The van der Waals surface area contributed by atoms with Crippen LogP contribution in [0.2, 0.25) is 0 Å². The minimum atomic E-state index is -1.84. The largest absolute Gasteiger partial charge is 0.388 e. The maximum absolute atomic E-state index is 15.4. The fourth-order valence-electron chi connectivity index (χ4n) is 13.3. The van der Waals surface area contributed by atoms with Gasteiger partial charge in [-0.3, -0.25) is 43.5 Å². The first-order valence-corrected chi connectivity index (χ1v) is 28.4. The summed E-state index contributed by atoms with van der Waals surface area (Å²) in [5.74, 6) is -4.51. The summed E-state index contributed by atoms with van der Waals surface area (Å²) >= 11 is 0. The second kappa shape index (κ2) is 22.2. The maximum atomic E-state index is 15.4. The number of aliphatic hydroxyl groups excluding tert-OH is 1. The number of imide groups is 3. The highest BCUT2D eigenvalue weighted by atomic mass is 16.8. The van der Waals surface area contributed by atoms with Crippen molar-refractivity contribution in [2.75, 3.05) is 26.9 Å². The molecule has 9 aliphatic rings. The summed E-state index contributed by atoms with van der Waals surface area (Å²) in [7, 11) is 1.34. The van der Waals surface area contributed by atoms with Gasteiger partial charge in [-0.15, -0.1) is 0 Å². The van der Waals surface area contributed by atoms with Crippen molar-refractivity contribution in [1.82, 2.24) is 14.7 Å². The molecule has 440 valence electrons. The molecule has 6 aromatic carbocycles. The van der Waals surface area contributed by atoms with Crippen LogP contribution in [0.1, 0.15) is 97.7 Å². The zero-order valence-corrected chi connectivity index (χ0v) is 45.7. The number of benzene rings is 6. The van der Waals surface area contributed by atoms with Gasteiger partial charge in [0.2, 0.25) is 0 Å². The van der Waals surface area contributed by atoms with E-state index in [1.165, 1.54) is 43.5 Å². The molecule has 1 N–H and O–H groups in total. The molecule has 15 rings (SSSR count). The van der Waals surface area contributed by atoms with Gasteiger partial charge in [-0.1, -0.05) is 127 Å². The Morgan fingerprint density at radius 2 is 0.640 bits per heavy atom. The second-order valence-corrected chi connectivity index (χ2v) is 22.1. The smallest absolute Gasteiger partial charge is 0.262 e. The lowest BCUT2D eigenvalue weighted by Gasteiger charge is -2.55. The SMILES string of the molecule is CO[C@@H]1O[C@@H]2COC(c3ccccc3)O[C@H]2[C@H](O[C@@H]2O[C@@H]3COC(c4ccccc4)O[C@H]3[C@H](O[C@@H]3O[C@@H]4COC(c5ccccc5)O[C@H]4[C@H](O)[C@H]3N3C(=O)c4ccccc4C3=O)[C@H]2N2C(=O)c3ccccc3C2=O)[C@H]1N1C(=O)c2ccccc2C1=O. The average molecular weight is 1170 g/mol. The lowest BCUT2D eigenvalue weighted by Crippen LogP contribution is -2.74. The van der Waals surface area contributed by atoms with E-state index >= 15 is 9.59 Å². The Morgan fingerprint density at radius 1 is 0.360 bits per heavy atom. The quantitative estimate of drug-likeness (QED) is 0.162. The second-order valence-electron chi connectivity index (χ2n) is 22.1. The van der Waals surface area contributed by atoms with Crippen molar-refractivity contribution in [2.24, 2.45) is 0 Å². The molecule has 6 fully saturated rings. The van der Waals surface area contributed by atoms with Crippen LogP contribution in [0, 0.1) is 0 Å². The summed E-state index contributed by atoms with van der Waals surface area (Å²) in [6.45, 7) is -0.512. The molecule has 0 bridgehead atoms. The molecule has 3 unspecified atom stereocenters. The van der Waals surface area contributed by atoms with Gasteiger partial charge in [-0.05, 0) is 36.4 Å². The third-order valence-electron chi connectivity index (χ3n) is 17.3. The van der Waals surface area contributed by atoms with Crippen LogP contribution in [0.15, 0.2) is 164 Å². The molecule has 86 heavy (non-hydrogen) atoms. The summed E-state index contributed by atoms with van der Waals surface area (Å²) in [5, 5.41) is 13.0. The van der Waals surface area contributed by atoms with Crippen molar-refractivity contribution < 1.29 is 90.7 Å². The lowest BCUT2D eigenvalue weighted by atomic mass is 9.91. The number of ether oxygens (including phenoxy) is 12. The molecule has 0 spiro atoms.